The molecule has 0 aliphatic carbocycles. The highest BCUT2D eigenvalue weighted by Crippen LogP contribution is 2.06. The van der Waals surface area contributed by atoms with Gasteiger partial charge in [-0.2, -0.15) is 0 Å². The number of hydrogen-bond acceptors (Lipinski definition) is 4. The molecule has 0 aliphatic rings. The zero-order valence-corrected chi connectivity index (χ0v) is 9.04. The van der Waals surface area contributed by atoms with Gasteiger partial charge >= 0.3 is 0 Å². The molecule has 4 heteroatoms. The van der Waals surface area contributed by atoms with Crippen LogP contribution in [0, 0.1) is 0 Å². The van der Waals surface area contributed by atoms with Crippen molar-refractivity contribution in [1.29, 1.82) is 0 Å². The molecular formula is C12H14O4. The van der Waals surface area contributed by atoms with Gasteiger partial charge in [-0.1, -0.05) is 30.3 Å². The first-order valence-corrected chi connectivity index (χ1v) is 4.98. The third kappa shape index (κ3) is 3.82. The molecular weight excluding hydrogens is 208 g/mol. The molecule has 0 amide bonds. The standard InChI is InChI=1S/C12H14O4/c1-10(16-9-14)12(7-13)15-8-11-5-3-2-4-6-11/h2-7,9-10,12H,8H2,1H3/t10-,12-/m1/s1. The molecule has 0 saturated carbocycles. The highest BCUT2D eigenvalue weighted by molar-refractivity contribution is 5.57. The average molecular weight is 222 g/mol. The van der Waals surface area contributed by atoms with E-state index in [0.717, 1.165) is 5.56 Å². The zero-order valence-electron chi connectivity index (χ0n) is 9.04. The monoisotopic (exact) mass is 222 g/mol. The molecule has 4 nitrogen and oxygen atoms in total. The van der Waals surface area contributed by atoms with Crippen molar-refractivity contribution < 1.29 is 19.1 Å². The summed E-state index contributed by atoms with van der Waals surface area (Å²) < 4.78 is 9.99. The maximum Gasteiger partial charge on any atom is 0.293 e. The van der Waals surface area contributed by atoms with Gasteiger partial charge in [0.15, 0.2) is 6.29 Å². The molecule has 0 heterocycles. The van der Waals surface area contributed by atoms with E-state index < -0.39 is 12.2 Å². The van der Waals surface area contributed by atoms with Crippen LogP contribution >= 0.6 is 0 Å². The third-order valence-electron chi connectivity index (χ3n) is 2.15. The molecule has 0 fully saturated rings. The highest BCUT2D eigenvalue weighted by atomic mass is 16.6. The first-order valence-electron chi connectivity index (χ1n) is 4.98. The number of carbonyl (C=O) groups excluding carboxylic acids is 2. The summed E-state index contributed by atoms with van der Waals surface area (Å²) in [6, 6.07) is 9.47. The second-order valence-corrected chi connectivity index (χ2v) is 3.33. The van der Waals surface area contributed by atoms with E-state index in [9.17, 15) is 9.59 Å². The molecule has 1 aromatic rings. The van der Waals surface area contributed by atoms with Crippen LogP contribution in [0.4, 0.5) is 0 Å². The molecule has 1 aromatic carbocycles. The Labute approximate surface area is 94.2 Å². The Hall–Kier alpha value is -1.68. The van der Waals surface area contributed by atoms with Gasteiger partial charge in [-0.25, -0.2) is 0 Å². The van der Waals surface area contributed by atoms with E-state index in [1.54, 1.807) is 6.92 Å². The second-order valence-electron chi connectivity index (χ2n) is 3.33. The van der Waals surface area contributed by atoms with Gasteiger partial charge in [-0.15, -0.1) is 0 Å². The molecule has 0 bridgehead atoms. The van der Waals surface area contributed by atoms with E-state index in [-0.39, 0.29) is 0 Å². The van der Waals surface area contributed by atoms with Gasteiger partial charge < -0.3 is 14.3 Å². The lowest BCUT2D eigenvalue weighted by Gasteiger charge is -2.17. The Bertz CT molecular complexity index is 323. The van der Waals surface area contributed by atoms with E-state index in [1.165, 1.54) is 0 Å². The van der Waals surface area contributed by atoms with Crippen LogP contribution in [0.3, 0.4) is 0 Å². The van der Waals surface area contributed by atoms with Gasteiger partial charge in [0.05, 0.1) is 6.61 Å². The van der Waals surface area contributed by atoms with Crippen LogP contribution in [0.1, 0.15) is 12.5 Å². The number of hydrogen-bond donors (Lipinski definition) is 0. The lowest BCUT2D eigenvalue weighted by molar-refractivity contribution is -0.145. The van der Waals surface area contributed by atoms with Gasteiger partial charge in [0.25, 0.3) is 6.47 Å². The Morgan fingerprint density at radius 2 is 1.94 bits per heavy atom. The minimum Gasteiger partial charge on any atom is -0.462 e. The lowest BCUT2D eigenvalue weighted by Crippen LogP contribution is -2.30. The first kappa shape index (κ1) is 12.4. The van der Waals surface area contributed by atoms with E-state index >= 15 is 0 Å². The van der Waals surface area contributed by atoms with Crippen LogP contribution in [0.2, 0.25) is 0 Å². The summed E-state index contributed by atoms with van der Waals surface area (Å²) in [5.41, 5.74) is 0.965. The van der Waals surface area contributed by atoms with Crippen molar-refractivity contribution in [3.8, 4) is 0 Å². The molecule has 0 radical (unpaired) electrons. The van der Waals surface area contributed by atoms with Crippen LogP contribution in [-0.2, 0) is 25.7 Å². The quantitative estimate of drug-likeness (QED) is 0.653. The fourth-order valence-corrected chi connectivity index (χ4v) is 1.22. The topological polar surface area (TPSA) is 52.6 Å². The number of benzene rings is 1. The third-order valence-corrected chi connectivity index (χ3v) is 2.15. The van der Waals surface area contributed by atoms with Gasteiger partial charge in [0, 0.05) is 0 Å². The Morgan fingerprint density at radius 3 is 2.50 bits per heavy atom. The summed E-state index contributed by atoms with van der Waals surface area (Å²) in [6.07, 6.45) is -0.666. The van der Waals surface area contributed by atoms with Crippen LogP contribution in [0.5, 0.6) is 0 Å². The molecule has 0 unspecified atom stereocenters. The summed E-state index contributed by atoms with van der Waals surface area (Å²) in [7, 11) is 0. The minimum absolute atomic E-state index is 0.313. The molecule has 0 N–H and O–H groups in total. The van der Waals surface area contributed by atoms with Gasteiger partial charge in [-0.05, 0) is 12.5 Å². The van der Waals surface area contributed by atoms with Crippen molar-refractivity contribution >= 4 is 12.8 Å². The maximum absolute atomic E-state index is 10.7. The molecule has 0 aromatic heterocycles. The maximum atomic E-state index is 10.7. The van der Waals surface area contributed by atoms with Gasteiger partial charge in [-0.3, -0.25) is 4.79 Å². The van der Waals surface area contributed by atoms with E-state index in [0.29, 0.717) is 19.4 Å². The predicted molar refractivity (Wildman–Crippen MR) is 57.7 cm³/mol. The van der Waals surface area contributed by atoms with Crippen molar-refractivity contribution in [2.75, 3.05) is 0 Å². The van der Waals surface area contributed by atoms with Crippen molar-refractivity contribution in [3.05, 3.63) is 35.9 Å². The van der Waals surface area contributed by atoms with Crippen LogP contribution < -0.4 is 0 Å². The minimum atomic E-state index is -0.731. The molecule has 2 atom stereocenters. The van der Waals surface area contributed by atoms with Crippen molar-refractivity contribution in [1.82, 2.24) is 0 Å². The average Bonchev–Trinajstić information content (AvgIpc) is 2.31. The van der Waals surface area contributed by atoms with E-state index in [1.807, 2.05) is 30.3 Å². The fourth-order valence-electron chi connectivity index (χ4n) is 1.22. The Morgan fingerprint density at radius 1 is 1.25 bits per heavy atom. The molecule has 0 saturated heterocycles. The first-order chi connectivity index (χ1) is 7.77. The fraction of sp³-hybridized carbons (Fsp3) is 0.333. The summed E-state index contributed by atoms with van der Waals surface area (Å²) in [5.74, 6) is 0. The van der Waals surface area contributed by atoms with Crippen molar-refractivity contribution in [2.24, 2.45) is 0 Å². The highest BCUT2D eigenvalue weighted by Gasteiger charge is 2.17. The SMILES string of the molecule is C[C@@H](OC=O)[C@@H](C=O)OCc1ccccc1. The second kappa shape index (κ2) is 6.74. The lowest BCUT2D eigenvalue weighted by atomic mass is 10.2. The summed E-state index contributed by atoms with van der Waals surface area (Å²) in [4.78, 5) is 20.8. The summed E-state index contributed by atoms with van der Waals surface area (Å²) in [6.45, 7) is 2.24. The van der Waals surface area contributed by atoms with Crippen molar-refractivity contribution in [2.45, 2.75) is 25.7 Å². The smallest absolute Gasteiger partial charge is 0.293 e. The van der Waals surface area contributed by atoms with E-state index in [2.05, 4.69) is 4.74 Å². The Kier molecular flexibility index (Phi) is 5.22. The molecule has 0 spiro atoms. The molecule has 16 heavy (non-hydrogen) atoms. The molecule has 86 valence electrons. The number of rotatable bonds is 7. The Balaban J connectivity index is 2.45. The number of carbonyl (C=O) groups is 2. The van der Waals surface area contributed by atoms with Crippen LogP contribution in [0.15, 0.2) is 30.3 Å². The zero-order chi connectivity index (χ0) is 11.8. The van der Waals surface area contributed by atoms with Crippen LogP contribution in [0.25, 0.3) is 0 Å². The summed E-state index contributed by atoms with van der Waals surface area (Å²) in [5, 5.41) is 0. The normalized spacial score (nSPS) is 13.8. The number of ether oxygens (including phenoxy) is 2. The largest absolute Gasteiger partial charge is 0.462 e. The molecule has 0 aliphatic heterocycles. The molecule has 1 rings (SSSR count). The van der Waals surface area contributed by atoms with Crippen molar-refractivity contribution in [3.63, 3.8) is 0 Å². The number of aldehydes is 1. The van der Waals surface area contributed by atoms with E-state index in [4.69, 9.17) is 4.74 Å². The predicted octanol–water partition coefficient (Wildman–Crippen LogP) is 1.33. The van der Waals surface area contributed by atoms with Gasteiger partial charge in [0.1, 0.15) is 12.2 Å². The summed E-state index contributed by atoms with van der Waals surface area (Å²) >= 11 is 0. The van der Waals surface area contributed by atoms with Gasteiger partial charge in [0.2, 0.25) is 0 Å². The van der Waals surface area contributed by atoms with Crippen LogP contribution in [-0.4, -0.2) is 25.0 Å².